The average Bonchev–Trinajstić information content (AvgIpc) is 3.54. The number of carbonyl (C=O) groups is 3. The minimum atomic E-state index is -1.32. The van der Waals surface area contributed by atoms with Crippen molar-refractivity contribution >= 4 is 17.6 Å². The molecule has 0 saturated carbocycles. The van der Waals surface area contributed by atoms with E-state index in [-0.39, 0.29) is 31.1 Å². The van der Waals surface area contributed by atoms with Crippen molar-refractivity contribution in [3.63, 3.8) is 0 Å². The number of morpholine rings is 1. The van der Waals surface area contributed by atoms with Crippen LogP contribution in [0.1, 0.15) is 44.6 Å². The van der Waals surface area contributed by atoms with Crippen LogP contribution in [0, 0.1) is 11.3 Å². The quantitative estimate of drug-likeness (QED) is 0.120. The number of nitrogens with zero attached hydrogens (tertiary/aromatic N) is 2. The number of ketones is 1. The van der Waals surface area contributed by atoms with Crippen LogP contribution in [0.3, 0.4) is 0 Å². The number of methoxy groups -OCH3 is 1. The van der Waals surface area contributed by atoms with E-state index < -0.39 is 35.9 Å². The molecule has 43 heavy (non-hydrogen) atoms. The Kier molecular flexibility index (Phi) is 11.7. The number of amides is 2. The third-order valence-electron chi connectivity index (χ3n) is 8.13. The number of carbonyl (C=O) groups excluding carboxylic acids is 3. The Bertz CT molecular complexity index is 1190. The van der Waals surface area contributed by atoms with Gasteiger partial charge >= 0.3 is 0 Å². The van der Waals surface area contributed by atoms with Crippen LogP contribution in [0.25, 0.3) is 0 Å². The van der Waals surface area contributed by atoms with Gasteiger partial charge in [-0.2, -0.15) is 5.26 Å². The second-order valence-electron chi connectivity index (χ2n) is 11.5. The molecular weight excluding hydrogens is 554 g/mol. The first kappa shape index (κ1) is 32.6. The number of aliphatic hydroxyl groups excluding tert-OH is 1. The third kappa shape index (κ3) is 9.58. The SMILES string of the molecule is COc1ccc(CC(NC(=O)C(CC#N)NC(=O)CN2CCOCC2)C(O)NC(CC2=CCCC2)C(=O)C2(C)CO2)cc1. The number of rotatable bonds is 16. The van der Waals surface area contributed by atoms with Gasteiger partial charge in [-0.1, -0.05) is 23.8 Å². The van der Waals surface area contributed by atoms with E-state index in [2.05, 4.69) is 22.0 Å². The molecule has 0 aromatic heterocycles. The lowest BCUT2D eigenvalue weighted by atomic mass is 9.93. The molecule has 2 saturated heterocycles. The number of allylic oxidation sites excluding steroid dienone is 1. The van der Waals surface area contributed by atoms with E-state index in [0.29, 0.717) is 45.1 Å². The normalized spacial score (nSPS) is 22.8. The first-order valence-electron chi connectivity index (χ1n) is 14.9. The largest absolute Gasteiger partial charge is 0.497 e. The van der Waals surface area contributed by atoms with Gasteiger partial charge in [-0.15, -0.1) is 0 Å². The van der Waals surface area contributed by atoms with Gasteiger partial charge in [-0.05, 0) is 56.7 Å². The number of benzene rings is 1. The highest BCUT2D eigenvalue weighted by molar-refractivity contribution is 5.94. The monoisotopic (exact) mass is 597 g/mol. The zero-order chi connectivity index (χ0) is 30.8. The van der Waals surface area contributed by atoms with Crippen LogP contribution in [0.2, 0.25) is 0 Å². The number of Topliss-reactive ketones (excluding diaryl/α,β-unsaturated/α-hetero) is 1. The van der Waals surface area contributed by atoms with Crippen LogP contribution in [0.4, 0.5) is 0 Å². The molecule has 0 bridgehead atoms. The standard InChI is InChI=1S/C31H43N5O7/c1-31(20-43-31)28(38)25(17-21-5-3-4-6-21)34-30(40)26(18-22-7-9-23(41-2)10-8-22)35-29(39)24(11-12-32)33-27(37)19-36-13-15-42-16-14-36/h5,7-10,24-26,30,34,40H,3-4,6,11,13-20H2,1-2H3,(H,33,37)(H,35,39). The number of epoxide rings is 1. The lowest BCUT2D eigenvalue weighted by Gasteiger charge is -2.31. The molecule has 0 spiro atoms. The molecule has 3 aliphatic rings. The molecule has 4 N–H and O–H groups in total. The van der Waals surface area contributed by atoms with Crippen molar-refractivity contribution in [2.24, 2.45) is 0 Å². The number of hydrogen-bond acceptors (Lipinski definition) is 10. The highest BCUT2D eigenvalue weighted by Gasteiger charge is 2.50. The van der Waals surface area contributed by atoms with Crippen LogP contribution < -0.4 is 20.7 Å². The molecule has 2 fully saturated rings. The van der Waals surface area contributed by atoms with E-state index in [9.17, 15) is 24.8 Å². The highest BCUT2D eigenvalue weighted by atomic mass is 16.6. The molecule has 1 aromatic carbocycles. The fourth-order valence-electron chi connectivity index (χ4n) is 5.40. The minimum Gasteiger partial charge on any atom is -0.497 e. The summed E-state index contributed by atoms with van der Waals surface area (Å²) < 4.78 is 16.0. The summed E-state index contributed by atoms with van der Waals surface area (Å²) in [6.07, 6.45) is 4.09. The summed E-state index contributed by atoms with van der Waals surface area (Å²) in [6.45, 7) is 4.40. The van der Waals surface area contributed by atoms with Gasteiger partial charge in [0.15, 0.2) is 5.78 Å². The van der Waals surface area contributed by atoms with Gasteiger partial charge in [0.05, 0.1) is 58.0 Å². The maximum atomic E-state index is 13.5. The summed E-state index contributed by atoms with van der Waals surface area (Å²) in [4.78, 5) is 41.5. The van der Waals surface area contributed by atoms with Crippen LogP contribution in [0.5, 0.6) is 5.75 Å². The Morgan fingerprint density at radius 3 is 2.47 bits per heavy atom. The van der Waals surface area contributed by atoms with Crippen molar-refractivity contribution in [3.8, 4) is 11.8 Å². The van der Waals surface area contributed by atoms with E-state index >= 15 is 0 Å². The van der Waals surface area contributed by atoms with Crippen molar-refractivity contribution in [1.82, 2.24) is 20.9 Å². The smallest absolute Gasteiger partial charge is 0.244 e. The molecule has 234 valence electrons. The van der Waals surface area contributed by atoms with Gasteiger partial charge in [0.25, 0.3) is 0 Å². The van der Waals surface area contributed by atoms with Crippen LogP contribution in [-0.2, 0) is 30.3 Å². The maximum absolute atomic E-state index is 13.5. The molecule has 4 rings (SSSR count). The van der Waals surface area contributed by atoms with E-state index in [1.54, 1.807) is 26.2 Å². The fraction of sp³-hybridized carbons (Fsp3) is 0.613. The number of ether oxygens (including phenoxy) is 3. The zero-order valence-electron chi connectivity index (χ0n) is 25.0. The summed E-state index contributed by atoms with van der Waals surface area (Å²) >= 11 is 0. The number of nitriles is 1. The first-order chi connectivity index (χ1) is 20.7. The van der Waals surface area contributed by atoms with E-state index in [0.717, 1.165) is 30.4 Å². The molecular formula is C31H43N5O7. The number of nitrogens with one attached hydrogen (secondary N) is 3. The predicted molar refractivity (Wildman–Crippen MR) is 157 cm³/mol. The zero-order valence-corrected chi connectivity index (χ0v) is 25.0. The van der Waals surface area contributed by atoms with Gasteiger partial charge in [0.1, 0.15) is 23.6 Å². The van der Waals surface area contributed by atoms with E-state index in [1.165, 1.54) is 0 Å². The number of aliphatic hydroxyl groups is 1. The fourth-order valence-corrected chi connectivity index (χ4v) is 5.40. The minimum absolute atomic E-state index is 0.0819. The predicted octanol–water partition coefficient (Wildman–Crippen LogP) is 0.588. The lowest BCUT2D eigenvalue weighted by Crippen LogP contribution is -2.59. The van der Waals surface area contributed by atoms with Crippen LogP contribution >= 0.6 is 0 Å². The van der Waals surface area contributed by atoms with Crippen LogP contribution in [-0.4, -0.2) is 104 Å². The summed E-state index contributed by atoms with van der Waals surface area (Å²) in [5, 5.41) is 29.5. The van der Waals surface area contributed by atoms with Crippen molar-refractivity contribution in [2.75, 3.05) is 46.6 Å². The number of hydrogen-bond donors (Lipinski definition) is 4. The maximum Gasteiger partial charge on any atom is 0.244 e. The van der Waals surface area contributed by atoms with E-state index in [4.69, 9.17) is 14.2 Å². The Labute approximate surface area is 252 Å². The molecule has 5 unspecified atom stereocenters. The van der Waals surface area contributed by atoms with Crippen LogP contribution in [0.15, 0.2) is 35.9 Å². The molecule has 2 amide bonds. The van der Waals surface area contributed by atoms with E-state index in [1.807, 2.05) is 23.1 Å². The van der Waals surface area contributed by atoms with Crippen molar-refractivity contribution < 1.29 is 33.7 Å². The van der Waals surface area contributed by atoms with Crippen molar-refractivity contribution in [3.05, 3.63) is 41.5 Å². The van der Waals surface area contributed by atoms with Crippen molar-refractivity contribution in [1.29, 1.82) is 5.26 Å². The summed E-state index contributed by atoms with van der Waals surface area (Å²) in [5.74, 6) is -0.467. The molecule has 5 atom stereocenters. The second-order valence-corrected chi connectivity index (χ2v) is 11.5. The molecule has 0 radical (unpaired) electrons. The topological polar surface area (TPSA) is 166 Å². The molecule has 12 nitrogen and oxygen atoms in total. The van der Waals surface area contributed by atoms with Gasteiger partial charge in [0.2, 0.25) is 11.8 Å². The Balaban J connectivity index is 1.48. The molecule has 1 aromatic rings. The Morgan fingerprint density at radius 2 is 1.86 bits per heavy atom. The van der Waals surface area contributed by atoms with Crippen molar-refractivity contribution in [2.45, 2.75) is 75.4 Å². The molecule has 12 heteroatoms. The average molecular weight is 598 g/mol. The Hall–Kier alpha value is -3.34. The third-order valence-corrected chi connectivity index (χ3v) is 8.13. The summed E-state index contributed by atoms with van der Waals surface area (Å²) in [5.41, 5.74) is 1.06. The Morgan fingerprint density at radius 1 is 1.14 bits per heavy atom. The molecule has 1 aliphatic carbocycles. The first-order valence-corrected chi connectivity index (χ1v) is 14.9. The second kappa shape index (κ2) is 15.4. The van der Waals surface area contributed by atoms with Gasteiger partial charge in [0, 0.05) is 13.1 Å². The lowest BCUT2D eigenvalue weighted by molar-refractivity contribution is -0.131. The summed E-state index contributed by atoms with van der Waals surface area (Å²) in [6, 6.07) is 6.45. The molecule has 2 aliphatic heterocycles. The highest BCUT2D eigenvalue weighted by Crippen LogP contribution is 2.31. The summed E-state index contributed by atoms with van der Waals surface area (Å²) in [7, 11) is 1.56. The van der Waals surface area contributed by atoms with Gasteiger partial charge < -0.3 is 30.0 Å². The van der Waals surface area contributed by atoms with Gasteiger partial charge in [-0.3, -0.25) is 24.6 Å². The van der Waals surface area contributed by atoms with Gasteiger partial charge in [-0.25, -0.2) is 0 Å². The molecule has 2 heterocycles.